The van der Waals surface area contributed by atoms with Gasteiger partial charge in [0.25, 0.3) is 0 Å². The van der Waals surface area contributed by atoms with E-state index in [1.807, 2.05) is 6.92 Å². The summed E-state index contributed by atoms with van der Waals surface area (Å²) in [5, 5.41) is 6.05. The molecule has 6 nitrogen and oxygen atoms in total. The number of pyridine rings is 1. The van der Waals surface area contributed by atoms with E-state index in [-0.39, 0.29) is 5.91 Å². The van der Waals surface area contributed by atoms with Crippen LogP contribution in [0.25, 0.3) is 0 Å². The zero-order valence-corrected chi connectivity index (χ0v) is 13.3. The van der Waals surface area contributed by atoms with Gasteiger partial charge in [0.1, 0.15) is 0 Å². The summed E-state index contributed by atoms with van der Waals surface area (Å²) in [5.74, 6) is 0.0183. The molecule has 1 amide bonds. The van der Waals surface area contributed by atoms with Crippen LogP contribution < -0.4 is 10.2 Å². The van der Waals surface area contributed by atoms with Crippen molar-refractivity contribution >= 4 is 28.1 Å². The number of amides is 1. The molecule has 1 aliphatic heterocycles. The van der Waals surface area contributed by atoms with Gasteiger partial charge < -0.3 is 10.2 Å². The first kappa shape index (κ1) is 14.9. The van der Waals surface area contributed by atoms with Crippen molar-refractivity contribution < 1.29 is 4.79 Å². The normalized spacial score (nSPS) is 15.8. The monoisotopic (exact) mass is 317 g/mol. The topological polar surface area (TPSA) is 61.4 Å². The van der Waals surface area contributed by atoms with E-state index in [2.05, 4.69) is 30.5 Å². The number of nitrogens with one attached hydrogen (secondary N) is 1. The van der Waals surface area contributed by atoms with Crippen LogP contribution in [0.5, 0.6) is 0 Å². The highest BCUT2D eigenvalue weighted by Gasteiger charge is 2.20. The van der Waals surface area contributed by atoms with Gasteiger partial charge in [-0.1, -0.05) is 0 Å². The Labute approximate surface area is 133 Å². The van der Waals surface area contributed by atoms with Crippen molar-refractivity contribution in [2.24, 2.45) is 0 Å². The lowest BCUT2D eigenvalue weighted by Crippen LogP contribution is -2.48. The van der Waals surface area contributed by atoms with Gasteiger partial charge >= 0.3 is 0 Å². The van der Waals surface area contributed by atoms with Gasteiger partial charge in [0, 0.05) is 49.6 Å². The van der Waals surface area contributed by atoms with E-state index in [9.17, 15) is 4.79 Å². The maximum Gasteiger partial charge on any atom is 0.238 e. The Morgan fingerprint density at radius 3 is 2.64 bits per heavy atom. The van der Waals surface area contributed by atoms with Crippen LogP contribution in [0, 0.1) is 6.92 Å². The van der Waals surface area contributed by atoms with Crippen LogP contribution in [0.2, 0.25) is 0 Å². The second-order valence-electron chi connectivity index (χ2n) is 5.32. The van der Waals surface area contributed by atoms with Gasteiger partial charge in [-0.15, -0.1) is 11.3 Å². The lowest BCUT2D eigenvalue weighted by atomic mass is 10.3. The molecule has 3 rings (SSSR count). The van der Waals surface area contributed by atoms with Crippen LogP contribution in [-0.4, -0.2) is 53.5 Å². The number of piperazine rings is 1. The zero-order valence-electron chi connectivity index (χ0n) is 12.5. The lowest BCUT2D eigenvalue weighted by Gasteiger charge is -2.34. The standard InChI is InChI=1S/C15H19N5OS/c1-12-11-22-15(17-12)20-8-6-19(7-9-20)10-14(21)18-13-2-4-16-5-3-13/h2-5,11H,6-10H2,1H3,(H,16,18,21). The van der Waals surface area contributed by atoms with Crippen molar-refractivity contribution in [3.8, 4) is 0 Å². The molecule has 2 aromatic heterocycles. The Morgan fingerprint density at radius 2 is 2.00 bits per heavy atom. The van der Waals surface area contributed by atoms with Gasteiger partial charge in [0.15, 0.2) is 5.13 Å². The molecule has 116 valence electrons. The molecule has 0 saturated carbocycles. The van der Waals surface area contributed by atoms with Crippen LogP contribution in [0.15, 0.2) is 29.9 Å². The molecule has 0 atom stereocenters. The molecule has 2 aromatic rings. The minimum atomic E-state index is 0.0183. The van der Waals surface area contributed by atoms with Crippen LogP contribution in [0.3, 0.4) is 0 Å². The third kappa shape index (κ3) is 3.80. The minimum absolute atomic E-state index is 0.0183. The molecule has 22 heavy (non-hydrogen) atoms. The number of carbonyl (C=O) groups is 1. The number of aromatic nitrogens is 2. The average molecular weight is 317 g/mol. The Balaban J connectivity index is 1.46. The third-order valence-electron chi connectivity index (χ3n) is 3.58. The Hall–Kier alpha value is -1.99. The van der Waals surface area contributed by atoms with Crippen molar-refractivity contribution in [2.45, 2.75) is 6.92 Å². The number of rotatable bonds is 4. The average Bonchev–Trinajstić information content (AvgIpc) is 2.95. The number of nitrogens with zero attached hydrogens (tertiary/aromatic N) is 4. The predicted octanol–water partition coefficient (Wildman–Crippen LogP) is 1.61. The lowest BCUT2D eigenvalue weighted by molar-refractivity contribution is -0.117. The van der Waals surface area contributed by atoms with Crippen molar-refractivity contribution in [1.29, 1.82) is 0 Å². The van der Waals surface area contributed by atoms with E-state index in [4.69, 9.17) is 0 Å². The smallest absolute Gasteiger partial charge is 0.238 e. The Morgan fingerprint density at radius 1 is 1.27 bits per heavy atom. The van der Waals surface area contributed by atoms with Crippen LogP contribution >= 0.6 is 11.3 Å². The summed E-state index contributed by atoms with van der Waals surface area (Å²) in [6.45, 7) is 6.02. The highest BCUT2D eigenvalue weighted by Crippen LogP contribution is 2.21. The maximum atomic E-state index is 12.0. The second kappa shape index (κ2) is 6.85. The first-order valence-corrected chi connectivity index (χ1v) is 8.18. The summed E-state index contributed by atoms with van der Waals surface area (Å²) >= 11 is 1.68. The fourth-order valence-electron chi connectivity index (χ4n) is 2.42. The van der Waals surface area contributed by atoms with Gasteiger partial charge in [0.2, 0.25) is 5.91 Å². The number of thiazole rings is 1. The second-order valence-corrected chi connectivity index (χ2v) is 6.16. The molecule has 0 aliphatic carbocycles. The molecule has 7 heteroatoms. The van der Waals surface area contributed by atoms with Crippen molar-refractivity contribution in [3.63, 3.8) is 0 Å². The van der Waals surface area contributed by atoms with E-state index in [1.54, 1.807) is 35.9 Å². The SMILES string of the molecule is Cc1csc(N2CCN(CC(=O)Nc3ccncc3)CC2)n1. The van der Waals surface area contributed by atoms with E-state index < -0.39 is 0 Å². The van der Waals surface area contributed by atoms with Crippen molar-refractivity contribution in [2.75, 3.05) is 42.9 Å². The molecule has 1 saturated heterocycles. The number of hydrogen-bond acceptors (Lipinski definition) is 6. The molecule has 1 N–H and O–H groups in total. The van der Waals surface area contributed by atoms with E-state index >= 15 is 0 Å². The van der Waals surface area contributed by atoms with E-state index in [0.717, 1.165) is 42.7 Å². The summed E-state index contributed by atoms with van der Waals surface area (Å²) in [6.07, 6.45) is 3.34. The molecule has 0 bridgehead atoms. The molecular weight excluding hydrogens is 298 g/mol. The fourth-order valence-corrected chi connectivity index (χ4v) is 3.28. The quantitative estimate of drug-likeness (QED) is 0.928. The molecule has 0 unspecified atom stereocenters. The van der Waals surface area contributed by atoms with Crippen LogP contribution in [0.4, 0.5) is 10.8 Å². The third-order valence-corrected chi connectivity index (χ3v) is 4.60. The number of carbonyl (C=O) groups excluding carboxylic acids is 1. The number of aryl methyl sites for hydroxylation is 1. The summed E-state index contributed by atoms with van der Waals surface area (Å²) in [7, 11) is 0. The van der Waals surface area contributed by atoms with Crippen molar-refractivity contribution in [1.82, 2.24) is 14.9 Å². The van der Waals surface area contributed by atoms with Gasteiger partial charge in [-0.3, -0.25) is 14.7 Å². The molecule has 3 heterocycles. The summed E-state index contributed by atoms with van der Waals surface area (Å²) in [5.41, 5.74) is 1.86. The Kier molecular flexibility index (Phi) is 4.65. The maximum absolute atomic E-state index is 12.0. The number of hydrogen-bond donors (Lipinski definition) is 1. The molecule has 0 spiro atoms. The van der Waals surface area contributed by atoms with Gasteiger partial charge in [-0.2, -0.15) is 0 Å². The van der Waals surface area contributed by atoms with E-state index in [0.29, 0.717) is 6.54 Å². The van der Waals surface area contributed by atoms with Crippen molar-refractivity contribution in [3.05, 3.63) is 35.6 Å². The van der Waals surface area contributed by atoms with Crippen LogP contribution in [-0.2, 0) is 4.79 Å². The first-order chi connectivity index (χ1) is 10.7. The molecule has 1 aliphatic rings. The van der Waals surface area contributed by atoms with Crippen LogP contribution in [0.1, 0.15) is 5.69 Å². The number of anilines is 2. The molecule has 1 fully saturated rings. The van der Waals surface area contributed by atoms with E-state index in [1.165, 1.54) is 0 Å². The highest BCUT2D eigenvalue weighted by atomic mass is 32.1. The zero-order chi connectivity index (χ0) is 15.4. The molecular formula is C15H19N5OS. The summed E-state index contributed by atoms with van der Waals surface area (Å²) < 4.78 is 0. The highest BCUT2D eigenvalue weighted by molar-refractivity contribution is 7.13. The van der Waals surface area contributed by atoms with Gasteiger partial charge in [-0.05, 0) is 19.1 Å². The Bertz CT molecular complexity index is 622. The first-order valence-electron chi connectivity index (χ1n) is 7.30. The van der Waals surface area contributed by atoms with Gasteiger partial charge in [0.05, 0.1) is 12.2 Å². The van der Waals surface area contributed by atoms with Gasteiger partial charge in [-0.25, -0.2) is 4.98 Å². The largest absolute Gasteiger partial charge is 0.346 e. The minimum Gasteiger partial charge on any atom is -0.346 e. The fraction of sp³-hybridized carbons (Fsp3) is 0.400. The predicted molar refractivity (Wildman–Crippen MR) is 88.4 cm³/mol. The summed E-state index contributed by atoms with van der Waals surface area (Å²) in [4.78, 5) is 25.0. The molecule has 0 radical (unpaired) electrons. The summed E-state index contributed by atoms with van der Waals surface area (Å²) in [6, 6.07) is 3.58. The molecule has 0 aromatic carbocycles.